The highest BCUT2D eigenvalue weighted by Crippen LogP contribution is 2.36. The normalized spacial score (nSPS) is 15.0. The van der Waals surface area contributed by atoms with Gasteiger partial charge < -0.3 is 20.1 Å². The van der Waals surface area contributed by atoms with Gasteiger partial charge in [0.05, 0.1) is 30.9 Å². The fourth-order valence-corrected chi connectivity index (χ4v) is 5.35. The van der Waals surface area contributed by atoms with Crippen molar-refractivity contribution in [2.24, 2.45) is 5.92 Å². The van der Waals surface area contributed by atoms with E-state index in [0.717, 1.165) is 4.31 Å². The van der Waals surface area contributed by atoms with Crippen LogP contribution in [0.3, 0.4) is 0 Å². The van der Waals surface area contributed by atoms with E-state index in [2.05, 4.69) is 20.6 Å². The van der Waals surface area contributed by atoms with Crippen molar-refractivity contribution in [3.63, 3.8) is 0 Å². The molecule has 3 aromatic carbocycles. The van der Waals surface area contributed by atoms with Gasteiger partial charge in [0, 0.05) is 48.3 Å². The molecule has 1 aliphatic rings. The second-order valence-electron chi connectivity index (χ2n) is 9.53. The summed E-state index contributed by atoms with van der Waals surface area (Å²) in [6.45, 7) is 0. The molecule has 2 N–H and O–H groups in total. The summed E-state index contributed by atoms with van der Waals surface area (Å²) in [5.74, 6) is 0.649. The number of carbonyl (C=O) groups is 2. The second-order valence-corrected chi connectivity index (χ2v) is 10.4. The van der Waals surface area contributed by atoms with Crippen molar-refractivity contribution in [2.45, 2.75) is 25.7 Å². The number of hydrogen-bond acceptors (Lipinski definition) is 9. The van der Waals surface area contributed by atoms with E-state index in [4.69, 9.17) is 9.47 Å². The Morgan fingerprint density at radius 3 is 2.29 bits per heavy atom. The van der Waals surface area contributed by atoms with Crippen molar-refractivity contribution in [2.75, 3.05) is 29.2 Å². The third kappa shape index (κ3) is 6.38. The number of amides is 1. The van der Waals surface area contributed by atoms with Crippen molar-refractivity contribution >= 4 is 62.3 Å². The Morgan fingerprint density at radius 2 is 1.63 bits per heavy atom. The number of ketones is 1. The molecule has 4 aromatic rings. The highest BCUT2D eigenvalue weighted by molar-refractivity contribution is 7.74. The van der Waals surface area contributed by atoms with Crippen LogP contribution < -0.4 is 24.4 Å². The molecular weight excluding hydrogens is 546 g/mol. The first kappa shape index (κ1) is 27.8. The minimum atomic E-state index is -3.25. The third-order valence-corrected chi connectivity index (χ3v) is 7.49. The summed E-state index contributed by atoms with van der Waals surface area (Å²) >= 11 is 0. The lowest BCUT2D eigenvalue weighted by molar-refractivity contribution is -0.128. The van der Waals surface area contributed by atoms with Gasteiger partial charge in [-0.3, -0.25) is 9.59 Å². The zero-order valence-electron chi connectivity index (χ0n) is 22.5. The molecule has 0 saturated heterocycles. The van der Waals surface area contributed by atoms with Crippen molar-refractivity contribution in [3.05, 3.63) is 66.7 Å². The van der Waals surface area contributed by atoms with Gasteiger partial charge in [-0.15, -0.1) is 0 Å². The third-order valence-electron chi connectivity index (χ3n) is 6.74. The molecule has 41 heavy (non-hydrogen) atoms. The minimum absolute atomic E-state index is 0.0305. The van der Waals surface area contributed by atoms with Crippen molar-refractivity contribution in [1.82, 2.24) is 9.97 Å². The van der Waals surface area contributed by atoms with E-state index in [-0.39, 0.29) is 35.4 Å². The van der Waals surface area contributed by atoms with E-state index in [1.165, 1.54) is 14.2 Å². The van der Waals surface area contributed by atoms with E-state index in [9.17, 15) is 18.0 Å². The molecule has 1 heterocycles. The minimum Gasteiger partial charge on any atom is -0.497 e. The first-order valence-electron chi connectivity index (χ1n) is 13.0. The molecule has 0 spiro atoms. The van der Waals surface area contributed by atoms with Gasteiger partial charge in [-0.2, -0.15) is 0 Å². The number of benzene rings is 3. The number of Topliss-reactive ketones (excluding diaryl/α,β-unsaturated/α-hetero) is 1. The Hall–Kier alpha value is -4.71. The number of anilines is 5. The van der Waals surface area contributed by atoms with Gasteiger partial charge in [-0.1, -0.05) is 18.2 Å². The fourth-order valence-electron chi connectivity index (χ4n) is 4.74. The molecule has 1 atom stereocenters. The van der Waals surface area contributed by atoms with Crippen LogP contribution in [0.4, 0.5) is 28.7 Å². The van der Waals surface area contributed by atoms with Crippen LogP contribution in [-0.2, 0) is 20.5 Å². The summed E-state index contributed by atoms with van der Waals surface area (Å²) in [4.78, 5) is 34.0. The fraction of sp³-hybridized carbons (Fsp3) is 0.241. The van der Waals surface area contributed by atoms with E-state index in [1.54, 1.807) is 60.7 Å². The SMILES string of the molecule is COc1cc(Nc2nc3ccccc3nc2N(c2cccc(NC(=O)C3CCCC(=O)C3)c2)[SH](=O)=O)cc(OC)c1. The molecule has 11 nitrogen and oxygen atoms in total. The highest BCUT2D eigenvalue weighted by Gasteiger charge is 2.26. The molecule has 212 valence electrons. The van der Waals surface area contributed by atoms with Gasteiger partial charge in [0.15, 0.2) is 11.6 Å². The molecule has 1 aliphatic carbocycles. The van der Waals surface area contributed by atoms with Crippen LogP contribution in [0.15, 0.2) is 66.7 Å². The number of hydrogen-bond donors (Lipinski definition) is 3. The number of para-hydroxylation sites is 2. The molecule has 12 heteroatoms. The van der Waals surface area contributed by atoms with Gasteiger partial charge in [0.2, 0.25) is 16.8 Å². The lowest BCUT2D eigenvalue weighted by Gasteiger charge is -2.22. The van der Waals surface area contributed by atoms with Crippen LogP contribution in [0.5, 0.6) is 11.5 Å². The van der Waals surface area contributed by atoms with Crippen LogP contribution in [-0.4, -0.2) is 44.3 Å². The van der Waals surface area contributed by atoms with Gasteiger partial charge in [0.1, 0.15) is 17.3 Å². The number of methoxy groups -OCH3 is 2. The number of thiol groups is 1. The number of nitrogens with zero attached hydrogens (tertiary/aromatic N) is 3. The number of rotatable bonds is 9. The predicted octanol–water partition coefficient (Wildman–Crippen LogP) is 4.75. The summed E-state index contributed by atoms with van der Waals surface area (Å²) < 4.78 is 37.3. The summed E-state index contributed by atoms with van der Waals surface area (Å²) in [6.07, 6.45) is 2.01. The summed E-state index contributed by atoms with van der Waals surface area (Å²) in [6, 6.07) is 18.7. The van der Waals surface area contributed by atoms with Crippen molar-refractivity contribution < 1.29 is 27.5 Å². The highest BCUT2D eigenvalue weighted by atomic mass is 32.2. The molecular formula is C29H29N5O6S. The quantitative estimate of drug-likeness (QED) is 0.241. The van der Waals surface area contributed by atoms with Gasteiger partial charge in [-0.25, -0.2) is 22.7 Å². The summed E-state index contributed by atoms with van der Waals surface area (Å²) in [5, 5.41) is 6.00. The number of aromatic nitrogens is 2. The number of carbonyl (C=O) groups excluding carboxylic acids is 2. The van der Waals surface area contributed by atoms with E-state index in [0.29, 0.717) is 53.2 Å². The van der Waals surface area contributed by atoms with Gasteiger partial charge >= 0.3 is 0 Å². The molecule has 1 fully saturated rings. The van der Waals surface area contributed by atoms with Crippen LogP contribution in [0, 0.1) is 5.92 Å². The Labute approximate surface area is 238 Å². The van der Waals surface area contributed by atoms with Crippen LogP contribution in [0.1, 0.15) is 25.7 Å². The molecule has 1 unspecified atom stereocenters. The molecule has 0 aliphatic heterocycles. The monoisotopic (exact) mass is 575 g/mol. The van der Waals surface area contributed by atoms with E-state index in [1.807, 2.05) is 6.07 Å². The molecule has 1 amide bonds. The average Bonchev–Trinajstić information content (AvgIpc) is 2.97. The lowest BCUT2D eigenvalue weighted by atomic mass is 9.88. The van der Waals surface area contributed by atoms with Crippen molar-refractivity contribution in [1.29, 1.82) is 0 Å². The standard InChI is InChI=1S/C29H29N5O6S/c1-39-23-15-20(16-24(17-23)40-2)30-27-28(33-26-12-4-3-11-25(26)32-27)34(41(37)38)21-9-6-8-19(14-21)31-29(36)18-7-5-10-22(35)13-18/h3-4,6,8-9,11-12,14-18,41H,5,7,10,13H2,1-2H3,(H,30,32)(H,31,36). The Balaban J connectivity index is 1.54. The maximum Gasteiger partial charge on any atom is 0.230 e. The average molecular weight is 576 g/mol. The first-order chi connectivity index (χ1) is 19.8. The number of fused-ring (bicyclic) bond motifs is 1. The molecule has 5 rings (SSSR count). The second kappa shape index (κ2) is 12.2. The first-order valence-corrected chi connectivity index (χ1v) is 14.1. The largest absolute Gasteiger partial charge is 0.497 e. The summed E-state index contributed by atoms with van der Waals surface area (Å²) in [5.41, 5.74) is 2.22. The maximum atomic E-state index is 12.9. The molecule has 0 bridgehead atoms. The van der Waals surface area contributed by atoms with Crippen LogP contribution in [0.2, 0.25) is 0 Å². The van der Waals surface area contributed by atoms with E-state index >= 15 is 0 Å². The lowest BCUT2D eigenvalue weighted by Crippen LogP contribution is -2.28. The smallest absolute Gasteiger partial charge is 0.230 e. The number of ether oxygens (including phenoxy) is 2. The molecule has 1 saturated carbocycles. The molecule has 0 radical (unpaired) electrons. The van der Waals surface area contributed by atoms with Gasteiger partial charge in [0.25, 0.3) is 0 Å². The Kier molecular flexibility index (Phi) is 8.29. The zero-order valence-corrected chi connectivity index (χ0v) is 23.4. The topological polar surface area (TPSA) is 140 Å². The molecule has 1 aromatic heterocycles. The number of nitrogens with one attached hydrogen (secondary N) is 2. The zero-order chi connectivity index (χ0) is 28.9. The van der Waals surface area contributed by atoms with Crippen LogP contribution >= 0.6 is 0 Å². The van der Waals surface area contributed by atoms with Gasteiger partial charge in [-0.05, 0) is 43.2 Å². The Morgan fingerprint density at radius 1 is 0.927 bits per heavy atom. The Bertz CT molecular complexity index is 1660. The van der Waals surface area contributed by atoms with Crippen LogP contribution in [0.25, 0.3) is 11.0 Å². The van der Waals surface area contributed by atoms with E-state index < -0.39 is 16.8 Å². The summed E-state index contributed by atoms with van der Waals surface area (Å²) in [7, 11) is -0.189. The predicted molar refractivity (Wildman–Crippen MR) is 157 cm³/mol. The maximum absolute atomic E-state index is 12.9. The van der Waals surface area contributed by atoms with Crippen molar-refractivity contribution in [3.8, 4) is 11.5 Å².